The van der Waals surface area contributed by atoms with E-state index in [1.54, 1.807) is 13.8 Å². The van der Waals surface area contributed by atoms with Gasteiger partial charge in [0.1, 0.15) is 0 Å². The molecule has 0 spiro atoms. The van der Waals surface area contributed by atoms with E-state index >= 15 is 0 Å². The predicted molar refractivity (Wildman–Crippen MR) is 42.1 cm³/mol. The Kier molecular flexibility index (Phi) is 2.17. The van der Waals surface area contributed by atoms with Crippen LogP contribution in [0, 0.1) is 0 Å². The molecule has 0 fully saturated rings. The van der Waals surface area contributed by atoms with Crippen molar-refractivity contribution in [3.8, 4) is 0 Å². The van der Waals surface area contributed by atoms with Crippen LogP contribution < -0.4 is 0 Å². The Morgan fingerprint density at radius 3 is 2.25 bits per heavy atom. The first-order chi connectivity index (χ1) is 5.59. The molecule has 66 valence electrons. The Labute approximate surface area is 70.8 Å². The maximum atomic E-state index is 11.2. The fraction of sp³-hybridized carbons (Fsp3) is 0.500. The van der Waals surface area contributed by atoms with E-state index in [0.29, 0.717) is 12.2 Å². The third-order valence-corrected chi connectivity index (χ3v) is 1.75. The van der Waals surface area contributed by atoms with Crippen molar-refractivity contribution in [3.63, 3.8) is 0 Å². The topological polar surface area (TPSA) is 46.6 Å². The molecule has 0 atom stereocenters. The van der Waals surface area contributed by atoms with Crippen LogP contribution in [-0.4, -0.2) is 30.4 Å². The van der Waals surface area contributed by atoms with Crippen LogP contribution in [0.2, 0.25) is 0 Å². The molecule has 0 N–H and O–H groups in total. The van der Waals surface area contributed by atoms with Crippen LogP contribution >= 0.6 is 0 Å². The van der Waals surface area contributed by atoms with E-state index in [1.807, 2.05) is 0 Å². The molecule has 0 aromatic rings. The molecule has 0 aliphatic carbocycles. The number of hydrogen-bond acceptors (Lipinski definition) is 3. The number of rotatable bonds is 2. The molecule has 4 heteroatoms. The lowest BCUT2D eigenvalue weighted by atomic mass is 10.3. The monoisotopic (exact) mass is 169 g/mol. The van der Waals surface area contributed by atoms with Crippen molar-refractivity contribution in [3.05, 3.63) is 11.3 Å². The Morgan fingerprint density at radius 2 is 1.92 bits per heavy atom. The molecule has 1 heterocycles. The van der Waals surface area contributed by atoms with Crippen molar-refractivity contribution in [2.45, 2.75) is 13.8 Å². The van der Waals surface area contributed by atoms with Gasteiger partial charge in [0, 0.05) is 7.05 Å². The second-order valence-electron chi connectivity index (χ2n) is 2.56. The first-order valence-electron chi connectivity index (χ1n) is 3.75. The zero-order valence-corrected chi connectivity index (χ0v) is 7.38. The summed E-state index contributed by atoms with van der Waals surface area (Å²) in [5.74, 6) is -0.437. The van der Waals surface area contributed by atoms with E-state index in [9.17, 15) is 9.59 Å². The summed E-state index contributed by atoms with van der Waals surface area (Å²) in [5.41, 5.74) is 0.393. The van der Waals surface area contributed by atoms with Gasteiger partial charge in [-0.15, -0.1) is 0 Å². The molecule has 1 rings (SSSR count). The lowest BCUT2D eigenvalue weighted by Crippen LogP contribution is -2.27. The smallest absolute Gasteiger partial charge is 0.296 e. The van der Waals surface area contributed by atoms with Crippen LogP contribution in [0.15, 0.2) is 11.3 Å². The summed E-state index contributed by atoms with van der Waals surface area (Å²) in [5, 5.41) is 0. The van der Waals surface area contributed by atoms with E-state index in [2.05, 4.69) is 0 Å². The lowest BCUT2D eigenvalue weighted by Gasteiger charge is -2.05. The number of carbonyl (C=O) groups is 2. The zero-order valence-electron chi connectivity index (χ0n) is 7.38. The van der Waals surface area contributed by atoms with Gasteiger partial charge in [0.25, 0.3) is 11.8 Å². The molecule has 2 amide bonds. The highest BCUT2D eigenvalue weighted by Gasteiger charge is 2.34. The average molecular weight is 169 g/mol. The lowest BCUT2D eigenvalue weighted by molar-refractivity contribution is -0.137. The summed E-state index contributed by atoms with van der Waals surface area (Å²) in [6, 6.07) is 0. The molecule has 0 radical (unpaired) electrons. The van der Waals surface area contributed by atoms with E-state index in [-0.39, 0.29) is 17.6 Å². The highest BCUT2D eigenvalue weighted by atomic mass is 16.5. The average Bonchev–Trinajstić information content (AvgIpc) is 2.23. The van der Waals surface area contributed by atoms with Crippen LogP contribution in [0.1, 0.15) is 13.8 Å². The third kappa shape index (κ3) is 1.09. The van der Waals surface area contributed by atoms with Gasteiger partial charge in [-0.2, -0.15) is 0 Å². The first-order valence-corrected chi connectivity index (χ1v) is 3.75. The second kappa shape index (κ2) is 2.97. The highest BCUT2D eigenvalue weighted by molar-refractivity contribution is 6.17. The Hall–Kier alpha value is -1.32. The van der Waals surface area contributed by atoms with Gasteiger partial charge < -0.3 is 4.74 Å². The van der Waals surface area contributed by atoms with E-state index in [1.165, 1.54) is 7.05 Å². The Bertz CT molecular complexity index is 267. The number of hydrogen-bond donors (Lipinski definition) is 0. The molecule has 12 heavy (non-hydrogen) atoms. The number of nitrogens with zero attached hydrogens (tertiary/aromatic N) is 1. The van der Waals surface area contributed by atoms with Crippen LogP contribution in [0.5, 0.6) is 0 Å². The Morgan fingerprint density at radius 1 is 1.33 bits per heavy atom. The van der Waals surface area contributed by atoms with Crippen LogP contribution in [0.4, 0.5) is 0 Å². The summed E-state index contributed by atoms with van der Waals surface area (Å²) >= 11 is 0. The van der Waals surface area contributed by atoms with Crippen molar-refractivity contribution >= 4 is 11.8 Å². The number of likely N-dealkylation sites (N-methyl/N-ethyl adjacent to an activating group) is 1. The normalized spacial score (nSPS) is 17.8. The minimum Gasteiger partial charge on any atom is -0.488 e. The molecule has 1 aliphatic heterocycles. The number of carbonyl (C=O) groups excluding carboxylic acids is 2. The van der Waals surface area contributed by atoms with E-state index in [0.717, 1.165) is 4.90 Å². The van der Waals surface area contributed by atoms with Gasteiger partial charge in [0.2, 0.25) is 0 Å². The largest absolute Gasteiger partial charge is 0.488 e. The van der Waals surface area contributed by atoms with Crippen LogP contribution in [0.3, 0.4) is 0 Å². The van der Waals surface area contributed by atoms with Crippen molar-refractivity contribution in [2.24, 2.45) is 0 Å². The van der Waals surface area contributed by atoms with Gasteiger partial charge in [0.05, 0.1) is 12.2 Å². The molecule has 1 aliphatic rings. The molecular weight excluding hydrogens is 158 g/mol. The molecule has 0 aromatic carbocycles. The fourth-order valence-corrected chi connectivity index (χ4v) is 1.07. The summed E-state index contributed by atoms with van der Waals surface area (Å²) < 4.78 is 5.04. The minimum absolute atomic E-state index is 0.185. The summed E-state index contributed by atoms with van der Waals surface area (Å²) in [7, 11) is 1.44. The Balaban J connectivity index is 2.96. The highest BCUT2D eigenvalue weighted by Crippen LogP contribution is 2.19. The number of ether oxygens (including phenoxy) is 1. The van der Waals surface area contributed by atoms with Gasteiger partial charge in [0.15, 0.2) is 5.76 Å². The van der Waals surface area contributed by atoms with Crippen LogP contribution in [-0.2, 0) is 14.3 Å². The second-order valence-corrected chi connectivity index (χ2v) is 2.56. The van der Waals surface area contributed by atoms with Gasteiger partial charge in [-0.25, -0.2) is 0 Å². The number of amides is 2. The molecule has 0 unspecified atom stereocenters. The van der Waals surface area contributed by atoms with Crippen LogP contribution in [0.25, 0.3) is 0 Å². The van der Waals surface area contributed by atoms with Gasteiger partial charge in [-0.3, -0.25) is 14.5 Å². The van der Waals surface area contributed by atoms with Gasteiger partial charge in [-0.1, -0.05) is 0 Å². The molecule has 0 saturated carbocycles. The molecule has 0 saturated heterocycles. The fourth-order valence-electron chi connectivity index (χ4n) is 1.07. The summed E-state index contributed by atoms with van der Waals surface area (Å²) in [6.07, 6.45) is 0. The quantitative estimate of drug-likeness (QED) is 0.558. The number of imide groups is 1. The molecule has 4 nitrogen and oxygen atoms in total. The SMILES string of the molecule is CCOC1=C(C)C(=O)N(C)C1=O. The first kappa shape index (κ1) is 8.77. The van der Waals surface area contributed by atoms with Crippen molar-refractivity contribution in [1.29, 1.82) is 0 Å². The van der Waals surface area contributed by atoms with E-state index in [4.69, 9.17) is 4.74 Å². The van der Waals surface area contributed by atoms with Crippen molar-refractivity contribution in [1.82, 2.24) is 4.90 Å². The van der Waals surface area contributed by atoms with Gasteiger partial charge >= 0.3 is 0 Å². The minimum atomic E-state index is -0.348. The standard InChI is InChI=1S/C8H11NO3/c1-4-12-6-5(2)7(10)9(3)8(6)11/h4H2,1-3H3. The molecule has 0 bridgehead atoms. The molecule has 0 aromatic heterocycles. The third-order valence-electron chi connectivity index (χ3n) is 1.75. The maximum absolute atomic E-state index is 11.2. The predicted octanol–water partition coefficient (Wildman–Crippen LogP) is 0.296. The van der Waals surface area contributed by atoms with Crippen molar-refractivity contribution < 1.29 is 14.3 Å². The summed E-state index contributed by atoms with van der Waals surface area (Å²) in [4.78, 5) is 23.5. The maximum Gasteiger partial charge on any atom is 0.296 e. The molecular formula is C8H11NO3. The summed E-state index contributed by atoms with van der Waals surface area (Å²) in [6.45, 7) is 3.77. The van der Waals surface area contributed by atoms with E-state index < -0.39 is 0 Å². The zero-order chi connectivity index (χ0) is 9.30. The van der Waals surface area contributed by atoms with Crippen molar-refractivity contribution in [2.75, 3.05) is 13.7 Å². The van der Waals surface area contributed by atoms with Gasteiger partial charge in [-0.05, 0) is 13.8 Å².